The lowest BCUT2D eigenvalue weighted by molar-refractivity contribution is 0.102. The van der Waals surface area contributed by atoms with Crippen LogP contribution in [0.1, 0.15) is 10.4 Å². The lowest BCUT2D eigenvalue weighted by Gasteiger charge is -1.98. The van der Waals surface area contributed by atoms with Gasteiger partial charge in [0.15, 0.2) is 0 Å². The van der Waals surface area contributed by atoms with E-state index in [1.165, 1.54) is 0 Å². The third-order valence-electron chi connectivity index (χ3n) is 1.64. The van der Waals surface area contributed by atoms with Gasteiger partial charge in [-0.3, -0.25) is 4.79 Å². The number of thiophene rings is 1. The summed E-state index contributed by atoms with van der Waals surface area (Å²) in [5.74, 6) is -0.0837. The molecule has 0 aliphatic heterocycles. The Bertz CT molecular complexity index is 378. The van der Waals surface area contributed by atoms with Gasteiger partial charge in [0.2, 0.25) is 0 Å². The molecule has 0 spiro atoms. The van der Waals surface area contributed by atoms with Gasteiger partial charge < -0.3 is 10.3 Å². The molecule has 0 saturated carbocycles. The van der Waals surface area contributed by atoms with Gasteiger partial charge in [-0.05, 0) is 17.5 Å². The van der Waals surface area contributed by atoms with Crippen molar-refractivity contribution in [3.05, 3.63) is 40.8 Å². The summed E-state index contributed by atoms with van der Waals surface area (Å²) in [6, 6.07) is 3.61. The van der Waals surface area contributed by atoms with E-state index in [0.29, 0.717) is 5.56 Å². The number of rotatable bonds is 2. The van der Waals surface area contributed by atoms with E-state index in [9.17, 15) is 4.79 Å². The van der Waals surface area contributed by atoms with Crippen LogP contribution in [-0.4, -0.2) is 10.9 Å². The molecule has 0 fully saturated rings. The Kier molecular flexibility index (Phi) is 2.14. The first kappa shape index (κ1) is 8.07. The largest absolute Gasteiger partial charge is 0.367 e. The van der Waals surface area contributed by atoms with E-state index in [2.05, 4.69) is 10.3 Å². The molecule has 4 heteroatoms. The maximum atomic E-state index is 11.4. The molecule has 2 heterocycles. The highest BCUT2D eigenvalue weighted by Gasteiger charge is 2.05. The first-order chi connectivity index (χ1) is 6.36. The number of aromatic nitrogens is 1. The van der Waals surface area contributed by atoms with Crippen molar-refractivity contribution in [1.82, 2.24) is 4.98 Å². The van der Waals surface area contributed by atoms with E-state index < -0.39 is 0 Å². The summed E-state index contributed by atoms with van der Waals surface area (Å²) in [6.07, 6.45) is 3.39. The van der Waals surface area contributed by atoms with Crippen LogP contribution in [-0.2, 0) is 0 Å². The second-order valence-corrected chi connectivity index (χ2v) is 3.35. The zero-order valence-corrected chi connectivity index (χ0v) is 7.60. The Labute approximate surface area is 79.4 Å². The van der Waals surface area contributed by atoms with Gasteiger partial charge in [-0.1, -0.05) is 0 Å². The van der Waals surface area contributed by atoms with E-state index in [1.54, 1.807) is 29.8 Å². The van der Waals surface area contributed by atoms with Crippen LogP contribution in [0.4, 0.5) is 5.69 Å². The van der Waals surface area contributed by atoms with Crippen molar-refractivity contribution in [2.24, 2.45) is 0 Å². The molecular formula is C9H8N2OS. The highest BCUT2D eigenvalue weighted by Crippen LogP contribution is 2.12. The van der Waals surface area contributed by atoms with E-state index in [0.717, 1.165) is 5.69 Å². The van der Waals surface area contributed by atoms with E-state index >= 15 is 0 Å². The zero-order chi connectivity index (χ0) is 9.10. The SMILES string of the molecule is O=C(Nc1ccsc1)c1cc[nH]c1. The summed E-state index contributed by atoms with van der Waals surface area (Å²) < 4.78 is 0. The van der Waals surface area contributed by atoms with Gasteiger partial charge in [0.05, 0.1) is 11.3 Å². The Morgan fingerprint density at radius 3 is 3.00 bits per heavy atom. The maximum absolute atomic E-state index is 11.4. The average molecular weight is 192 g/mol. The summed E-state index contributed by atoms with van der Waals surface area (Å²) in [6.45, 7) is 0. The molecule has 0 atom stereocenters. The van der Waals surface area contributed by atoms with Crippen LogP contribution >= 0.6 is 11.3 Å². The van der Waals surface area contributed by atoms with Crippen LogP contribution in [0.15, 0.2) is 35.3 Å². The molecule has 2 aromatic rings. The molecule has 0 radical (unpaired) electrons. The predicted octanol–water partition coefficient (Wildman–Crippen LogP) is 2.33. The molecule has 0 unspecified atom stereocenters. The van der Waals surface area contributed by atoms with E-state index in [-0.39, 0.29) is 5.91 Å². The van der Waals surface area contributed by atoms with Crippen molar-refractivity contribution in [3.63, 3.8) is 0 Å². The lowest BCUT2D eigenvalue weighted by atomic mass is 10.3. The fraction of sp³-hybridized carbons (Fsp3) is 0. The lowest BCUT2D eigenvalue weighted by Crippen LogP contribution is -2.09. The van der Waals surface area contributed by atoms with Crippen LogP contribution in [0.2, 0.25) is 0 Å². The van der Waals surface area contributed by atoms with Crippen molar-refractivity contribution in [1.29, 1.82) is 0 Å². The van der Waals surface area contributed by atoms with Crippen LogP contribution < -0.4 is 5.32 Å². The number of carbonyl (C=O) groups is 1. The highest BCUT2D eigenvalue weighted by atomic mass is 32.1. The van der Waals surface area contributed by atoms with Crippen LogP contribution in [0.3, 0.4) is 0 Å². The van der Waals surface area contributed by atoms with Gasteiger partial charge in [-0.15, -0.1) is 0 Å². The monoisotopic (exact) mass is 192 g/mol. The third-order valence-corrected chi connectivity index (χ3v) is 2.32. The molecule has 13 heavy (non-hydrogen) atoms. The number of hydrogen-bond donors (Lipinski definition) is 2. The number of H-pyrrole nitrogens is 1. The molecule has 66 valence electrons. The van der Waals surface area contributed by atoms with Crippen molar-refractivity contribution in [2.75, 3.05) is 5.32 Å². The van der Waals surface area contributed by atoms with Crippen molar-refractivity contribution < 1.29 is 4.79 Å². The molecule has 2 rings (SSSR count). The second kappa shape index (κ2) is 3.45. The maximum Gasteiger partial charge on any atom is 0.257 e. The van der Waals surface area contributed by atoms with Crippen molar-refractivity contribution >= 4 is 22.9 Å². The van der Waals surface area contributed by atoms with E-state index in [1.807, 2.05) is 16.8 Å². The summed E-state index contributed by atoms with van der Waals surface area (Å²) in [5.41, 5.74) is 1.49. The molecule has 0 bridgehead atoms. The minimum Gasteiger partial charge on any atom is -0.367 e. The average Bonchev–Trinajstić information content (AvgIpc) is 2.74. The minimum atomic E-state index is -0.0837. The summed E-state index contributed by atoms with van der Waals surface area (Å²) in [4.78, 5) is 14.3. The number of anilines is 1. The van der Waals surface area contributed by atoms with E-state index in [4.69, 9.17) is 0 Å². The van der Waals surface area contributed by atoms with Gasteiger partial charge in [0.1, 0.15) is 0 Å². The topological polar surface area (TPSA) is 44.9 Å². The number of hydrogen-bond acceptors (Lipinski definition) is 2. The quantitative estimate of drug-likeness (QED) is 0.753. The first-order valence-corrected chi connectivity index (χ1v) is 4.77. The number of nitrogens with one attached hydrogen (secondary N) is 2. The molecule has 0 aromatic carbocycles. The summed E-state index contributed by atoms with van der Waals surface area (Å²) in [5, 5.41) is 6.59. The van der Waals surface area contributed by atoms with Gasteiger partial charge in [-0.25, -0.2) is 0 Å². The summed E-state index contributed by atoms with van der Waals surface area (Å²) >= 11 is 1.56. The second-order valence-electron chi connectivity index (χ2n) is 2.57. The fourth-order valence-electron chi connectivity index (χ4n) is 1.00. The van der Waals surface area contributed by atoms with Gasteiger partial charge in [0, 0.05) is 17.8 Å². The van der Waals surface area contributed by atoms with Gasteiger partial charge in [-0.2, -0.15) is 11.3 Å². The predicted molar refractivity (Wildman–Crippen MR) is 53.1 cm³/mol. The Morgan fingerprint density at radius 1 is 1.46 bits per heavy atom. The molecule has 3 nitrogen and oxygen atoms in total. The molecule has 2 N–H and O–H groups in total. The zero-order valence-electron chi connectivity index (χ0n) is 6.78. The number of carbonyl (C=O) groups excluding carboxylic acids is 1. The van der Waals surface area contributed by atoms with Crippen LogP contribution in [0.25, 0.3) is 0 Å². The molecule has 0 aliphatic rings. The summed E-state index contributed by atoms with van der Waals surface area (Å²) in [7, 11) is 0. The Morgan fingerprint density at radius 2 is 2.38 bits per heavy atom. The molecule has 0 aliphatic carbocycles. The molecule has 2 aromatic heterocycles. The number of aromatic amines is 1. The highest BCUT2D eigenvalue weighted by molar-refractivity contribution is 7.08. The Hall–Kier alpha value is -1.55. The molecule has 0 saturated heterocycles. The minimum absolute atomic E-state index is 0.0837. The third kappa shape index (κ3) is 1.78. The number of amides is 1. The first-order valence-electron chi connectivity index (χ1n) is 3.82. The normalized spacial score (nSPS) is 9.85. The van der Waals surface area contributed by atoms with Crippen LogP contribution in [0, 0.1) is 0 Å². The fourth-order valence-corrected chi connectivity index (χ4v) is 1.59. The Balaban J connectivity index is 2.08. The van der Waals surface area contributed by atoms with Gasteiger partial charge >= 0.3 is 0 Å². The standard InChI is InChI=1S/C9H8N2OS/c12-9(7-1-3-10-5-7)11-8-2-4-13-6-8/h1-6,10H,(H,11,12). The van der Waals surface area contributed by atoms with Crippen molar-refractivity contribution in [2.45, 2.75) is 0 Å². The van der Waals surface area contributed by atoms with Gasteiger partial charge in [0.25, 0.3) is 5.91 Å². The van der Waals surface area contributed by atoms with Crippen LogP contribution in [0.5, 0.6) is 0 Å². The molecule has 1 amide bonds. The molecular weight excluding hydrogens is 184 g/mol. The van der Waals surface area contributed by atoms with Crippen molar-refractivity contribution in [3.8, 4) is 0 Å². The smallest absolute Gasteiger partial charge is 0.257 e.